The third kappa shape index (κ3) is 2.05. The van der Waals surface area contributed by atoms with Crippen LogP contribution in [-0.2, 0) is 0 Å². The third-order valence-corrected chi connectivity index (χ3v) is 2.35. The Hall–Kier alpha value is -1.06. The summed E-state index contributed by atoms with van der Waals surface area (Å²) in [4.78, 5) is 0. The second-order valence-corrected chi connectivity index (χ2v) is 3.81. The molecule has 2 atom stereocenters. The molecule has 78 valence electrons. The first-order valence-corrected chi connectivity index (χ1v) is 4.67. The van der Waals surface area contributed by atoms with Crippen molar-refractivity contribution in [1.29, 1.82) is 0 Å². The first-order chi connectivity index (χ1) is 6.43. The van der Waals surface area contributed by atoms with Crippen molar-refractivity contribution >= 4 is 0 Å². The highest BCUT2D eigenvalue weighted by atomic mass is 16.3. The van der Waals surface area contributed by atoms with Gasteiger partial charge in [-0.05, 0) is 49.6 Å². The predicted octanol–water partition coefficient (Wildman–Crippen LogP) is 1.39. The van der Waals surface area contributed by atoms with Gasteiger partial charge in [0.25, 0.3) is 0 Å². The van der Waals surface area contributed by atoms with E-state index >= 15 is 0 Å². The van der Waals surface area contributed by atoms with E-state index < -0.39 is 6.10 Å². The standard InChI is InChI=1S/C11H17NO2/c1-6-4-9(11(14)8(3)12)5-7(2)10(6)13/h4-5,8,11,13-14H,12H2,1-3H3/t8-,11-/m0/s1. The summed E-state index contributed by atoms with van der Waals surface area (Å²) in [5.41, 5.74) is 7.88. The van der Waals surface area contributed by atoms with Crippen LogP contribution in [0.4, 0.5) is 0 Å². The summed E-state index contributed by atoms with van der Waals surface area (Å²) in [6.07, 6.45) is -0.673. The number of aliphatic hydroxyl groups is 1. The van der Waals surface area contributed by atoms with E-state index in [1.54, 1.807) is 32.9 Å². The summed E-state index contributed by atoms with van der Waals surface area (Å²) in [6, 6.07) is 3.21. The Labute approximate surface area is 84.2 Å². The molecule has 0 radical (unpaired) electrons. The molecule has 0 amide bonds. The minimum absolute atomic E-state index is 0.283. The quantitative estimate of drug-likeness (QED) is 0.668. The fraction of sp³-hybridized carbons (Fsp3) is 0.455. The molecule has 1 aromatic carbocycles. The number of nitrogens with two attached hydrogens (primary N) is 1. The van der Waals surface area contributed by atoms with E-state index in [4.69, 9.17) is 5.73 Å². The van der Waals surface area contributed by atoms with Gasteiger partial charge in [-0.1, -0.05) is 0 Å². The highest BCUT2D eigenvalue weighted by molar-refractivity contribution is 5.43. The van der Waals surface area contributed by atoms with Gasteiger partial charge in [0.05, 0.1) is 6.10 Å². The smallest absolute Gasteiger partial charge is 0.121 e. The number of hydrogen-bond acceptors (Lipinski definition) is 3. The molecule has 0 saturated carbocycles. The second-order valence-electron chi connectivity index (χ2n) is 3.81. The summed E-state index contributed by atoms with van der Waals surface area (Å²) >= 11 is 0. The van der Waals surface area contributed by atoms with E-state index in [0.29, 0.717) is 0 Å². The monoisotopic (exact) mass is 195 g/mol. The van der Waals surface area contributed by atoms with Crippen LogP contribution in [0.2, 0.25) is 0 Å². The molecular formula is C11H17NO2. The topological polar surface area (TPSA) is 66.5 Å². The van der Waals surface area contributed by atoms with Gasteiger partial charge in [-0.2, -0.15) is 0 Å². The lowest BCUT2D eigenvalue weighted by molar-refractivity contribution is 0.153. The SMILES string of the molecule is Cc1cc([C@@H](O)[C@H](C)N)cc(C)c1O. The Bertz CT molecular complexity index is 311. The first kappa shape index (κ1) is 11.0. The fourth-order valence-electron chi connectivity index (χ4n) is 1.46. The zero-order chi connectivity index (χ0) is 10.9. The minimum atomic E-state index is -0.673. The molecular weight excluding hydrogens is 178 g/mol. The van der Waals surface area contributed by atoms with Gasteiger partial charge in [-0.15, -0.1) is 0 Å². The van der Waals surface area contributed by atoms with Gasteiger partial charge in [0.15, 0.2) is 0 Å². The molecule has 0 spiro atoms. The van der Waals surface area contributed by atoms with Crippen molar-refractivity contribution in [3.8, 4) is 5.75 Å². The Balaban J connectivity index is 3.12. The van der Waals surface area contributed by atoms with Gasteiger partial charge in [0.2, 0.25) is 0 Å². The van der Waals surface area contributed by atoms with Crippen LogP contribution in [0.5, 0.6) is 5.75 Å². The zero-order valence-electron chi connectivity index (χ0n) is 8.78. The number of rotatable bonds is 2. The number of hydrogen-bond donors (Lipinski definition) is 3. The Morgan fingerprint density at radius 1 is 1.21 bits per heavy atom. The summed E-state index contributed by atoms with van der Waals surface area (Å²) < 4.78 is 0. The van der Waals surface area contributed by atoms with Crippen molar-refractivity contribution in [2.24, 2.45) is 5.73 Å². The number of aliphatic hydroxyl groups excluding tert-OH is 1. The summed E-state index contributed by atoms with van der Waals surface area (Å²) in [7, 11) is 0. The van der Waals surface area contributed by atoms with Crippen LogP contribution in [0, 0.1) is 13.8 Å². The highest BCUT2D eigenvalue weighted by Gasteiger charge is 2.14. The van der Waals surface area contributed by atoms with Crippen molar-refractivity contribution in [2.45, 2.75) is 32.9 Å². The maximum absolute atomic E-state index is 9.73. The lowest BCUT2D eigenvalue weighted by Gasteiger charge is -2.16. The van der Waals surface area contributed by atoms with Crippen molar-refractivity contribution < 1.29 is 10.2 Å². The lowest BCUT2D eigenvalue weighted by atomic mass is 9.99. The summed E-state index contributed by atoms with van der Waals surface area (Å²) in [5.74, 6) is 0.283. The number of benzene rings is 1. The number of aryl methyl sites for hydroxylation is 2. The Morgan fingerprint density at radius 2 is 1.64 bits per heavy atom. The van der Waals surface area contributed by atoms with E-state index in [0.717, 1.165) is 16.7 Å². The largest absolute Gasteiger partial charge is 0.507 e. The van der Waals surface area contributed by atoms with Crippen molar-refractivity contribution in [2.75, 3.05) is 0 Å². The Morgan fingerprint density at radius 3 is 2.00 bits per heavy atom. The maximum atomic E-state index is 9.73. The molecule has 3 nitrogen and oxygen atoms in total. The molecule has 0 aliphatic heterocycles. The summed E-state index contributed by atoms with van der Waals surface area (Å²) in [6.45, 7) is 5.36. The molecule has 14 heavy (non-hydrogen) atoms. The summed E-state index contributed by atoms with van der Waals surface area (Å²) in [5, 5.41) is 19.3. The molecule has 0 fully saturated rings. The van der Waals surface area contributed by atoms with Crippen LogP contribution >= 0.6 is 0 Å². The van der Waals surface area contributed by atoms with Gasteiger partial charge in [0, 0.05) is 6.04 Å². The molecule has 3 heteroatoms. The minimum Gasteiger partial charge on any atom is -0.507 e. The zero-order valence-corrected chi connectivity index (χ0v) is 8.78. The van der Waals surface area contributed by atoms with Gasteiger partial charge in [-0.25, -0.2) is 0 Å². The molecule has 0 aliphatic carbocycles. The molecule has 4 N–H and O–H groups in total. The van der Waals surface area contributed by atoms with E-state index in [1.165, 1.54) is 0 Å². The van der Waals surface area contributed by atoms with E-state index in [1.807, 2.05) is 0 Å². The van der Waals surface area contributed by atoms with Gasteiger partial charge in [-0.3, -0.25) is 0 Å². The van der Waals surface area contributed by atoms with E-state index in [-0.39, 0.29) is 11.8 Å². The highest BCUT2D eigenvalue weighted by Crippen LogP contribution is 2.26. The number of phenolic OH excluding ortho intramolecular Hbond substituents is 1. The number of aromatic hydroxyl groups is 1. The average molecular weight is 195 g/mol. The average Bonchev–Trinajstić information content (AvgIpc) is 2.12. The molecule has 0 unspecified atom stereocenters. The van der Waals surface area contributed by atoms with Crippen molar-refractivity contribution in [3.05, 3.63) is 28.8 Å². The fourth-order valence-corrected chi connectivity index (χ4v) is 1.46. The molecule has 0 aromatic heterocycles. The van der Waals surface area contributed by atoms with Gasteiger partial charge < -0.3 is 15.9 Å². The molecule has 0 heterocycles. The van der Waals surface area contributed by atoms with Crippen LogP contribution in [0.3, 0.4) is 0 Å². The normalized spacial score (nSPS) is 15.2. The van der Waals surface area contributed by atoms with E-state index in [2.05, 4.69) is 0 Å². The van der Waals surface area contributed by atoms with Crippen LogP contribution < -0.4 is 5.73 Å². The molecule has 1 rings (SSSR count). The number of phenols is 1. The van der Waals surface area contributed by atoms with Crippen molar-refractivity contribution in [3.63, 3.8) is 0 Å². The molecule has 0 aliphatic rings. The Kier molecular flexibility index (Phi) is 3.13. The van der Waals surface area contributed by atoms with Crippen LogP contribution in [-0.4, -0.2) is 16.3 Å². The van der Waals surface area contributed by atoms with Crippen molar-refractivity contribution in [1.82, 2.24) is 0 Å². The van der Waals surface area contributed by atoms with Crippen LogP contribution in [0.15, 0.2) is 12.1 Å². The van der Waals surface area contributed by atoms with E-state index in [9.17, 15) is 10.2 Å². The lowest BCUT2D eigenvalue weighted by Crippen LogP contribution is -2.24. The first-order valence-electron chi connectivity index (χ1n) is 4.67. The third-order valence-electron chi connectivity index (χ3n) is 2.35. The predicted molar refractivity (Wildman–Crippen MR) is 56.2 cm³/mol. The van der Waals surface area contributed by atoms with Crippen LogP contribution in [0.1, 0.15) is 29.7 Å². The molecule has 1 aromatic rings. The molecule has 0 bridgehead atoms. The second kappa shape index (κ2) is 3.98. The molecule has 0 saturated heterocycles. The maximum Gasteiger partial charge on any atom is 0.121 e. The van der Waals surface area contributed by atoms with Crippen LogP contribution in [0.25, 0.3) is 0 Å². The van der Waals surface area contributed by atoms with Gasteiger partial charge in [0.1, 0.15) is 5.75 Å². The van der Waals surface area contributed by atoms with Gasteiger partial charge >= 0.3 is 0 Å².